The van der Waals surface area contributed by atoms with Crippen molar-refractivity contribution in [2.24, 2.45) is 5.92 Å². The molecule has 0 aromatic heterocycles. The molecule has 18 heavy (non-hydrogen) atoms. The average Bonchev–Trinajstić information content (AvgIpc) is 2.31. The van der Waals surface area contributed by atoms with Gasteiger partial charge in [0.25, 0.3) is 0 Å². The molecule has 1 aliphatic heterocycles. The quantitative estimate of drug-likeness (QED) is 0.801. The van der Waals surface area contributed by atoms with E-state index in [-0.39, 0.29) is 5.91 Å². The second-order valence-electron chi connectivity index (χ2n) is 6.09. The van der Waals surface area contributed by atoms with Crippen LogP contribution in [0.15, 0.2) is 0 Å². The van der Waals surface area contributed by atoms with Crippen molar-refractivity contribution < 1.29 is 4.79 Å². The van der Waals surface area contributed by atoms with Crippen LogP contribution in [0.25, 0.3) is 0 Å². The van der Waals surface area contributed by atoms with Crippen LogP contribution in [-0.4, -0.2) is 61.5 Å². The van der Waals surface area contributed by atoms with E-state index < -0.39 is 5.54 Å². The number of nitrogens with one attached hydrogen (secondary N) is 1. The van der Waals surface area contributed by atoms with Crippen molar-refractivity contribution in [3.63, 3.8) is 0 Å². The fourth-order valence-electron chi connectivity index (χ4n) is 2.71. The maximum absolute atomic E-state index is 12.3. The Morgan fingerprint density at radius 2 is 1.94 bits per heavy atom. The van der Waals surface area contributed by atoms with Crippen molar-refractivity contribution in [1.82, 2.24) is 15.1 Å². The fourth-order valence-corrected chi connectivity index (χ4v) is 2.71. The van der Waals surface area contributed by atoms with Crippen molar-refractivity contribution in [3.8, 4) is 0 Å². The first-order valence-electron chi connectivity index (χ1n) is 7.06. The number of piperidine rings is 1. The van der Waals surface area contributed by atoms with Gasteiger partial charge in [0.1, 0.15) is 0 Å². The molecule has 1 fully saturated rings. The molecule has 1 amide bonds. The van der Waals surface area contributed by atoms with Gasteiger partial charge in [-0.25, -0.2) is 0 Å². The van der Waals surface area contributed by atoms with Gasteiger partial charge in [-0.15, -0.1) is 0 Å². The highest BCUT2D eigenvalue weighted by Gasteiger charge is 2.30. The van der Waals surface area contributed by atoms with E-state index in [2.05, 4.69) is 17.3 Å². The molecule has 1 saturated heterocycles. The summed E-state index contributed by atoms with van der Waals surface area (Å²) in [6.45, 7) is 9.98. The minimum Gasteiger partial charge on any atom is -0.344 e. The molecule has 0 aromatic carbocycles. The molecule has 0 aliphatic carbocycles. The third kappa shape index (κ3) is 4.25. The second kappa shape index (κ2) is 6.53. The van der Waals surface area contributed by atoms with E-state index in [1.165, 1.54) is 12.8 Å². The van der Waals surface area contributed by atoms with Crippen LogP contribution in [0.1, 0.15) is 33.6 Å². The molecule has 4 heteroatoms. The lowest BCUT2D eigenvalue weighted by Gasteiger charge is -2.35. The van der Waals surface area contributed by atoms with Gasteiger partial charge in [0, 0.05) is 13.6 Å². The Morgan fingerprint density at radius 3 is 2.44 bits per heavy atom. The zero-order valence-corrected chi connectivity index (χ0v) is 12.6. The zero-order chi connectivity index (χ0) is 13.8. The van der Waals surface area contributed by atoms with Gasteiger partial charge >= 0.3 is 0 Å². The number of carbonyl (C=O) groups excluding carboxylic acids is 1. The number of amides is 1. The number of likely N-dealkylation sites (N-methyl/N-ethyl adjacent to an activating group) is 2. The molecule has 4 nitrogen and oxygen atoms in total. The minimum absolute atomic E-state index is 0.197. The van der Waals surface area contributed by atoms with E-state index in [0.29, 0.717) is 5.92 Å². The van der Waals surface area contributed by atoms with E-state index in [4.69, 9.17) is 0 Å². The summed E-state index contributed by atoms with van der Waals surface area (Å²) < 4.78 is 0. The van der Waals surface area contributed by atoms with Gasteiger partial charge in [-0.2, -0.15) is 0 Å². The zero-order valence-electron chi connectivity index (χ0n) is 12.6. The molecule has 1 aliphatic rings. The highest BCUT2D eigenvalue weighted by atomic mass is 16.2. The van der Waals surface area contributed by atoms with Crippen molar-refractivity contribution >= 4 is 5.91 Å². The SMILES string of the molecule is CCNC(C)(C)C(=O)N(C)CC1CCN(C)CC1. The Kier molecular flexibility index (Phi) is 5.60. The van der Waals surface area contributed by atoms with Crippen molar-refractivity contribution in [2.45, 2.75) is 39.2 Å². The minimum atomic E-state index is -0.449. The smallest absolute Gasteiger partial charge is 0.242 e. The molecule has 1 rings (SSSR count). The largest absolute Gasteiger partial charge is 0.344 e. The van der Waals surface area contributed by atoms with Crippen LogP contribution < -0.4 is 5.32 Å². The third-order valence-electron chi connectivity index (χ3n) is 3.87. The van der Waals surface area contributed by atoms with Crippen molar-refractivity contribution in [3.05, 3.63) is 0 Å². The number of nitrogens with zero attached hydrogens (tertiary/aromatic N) is 2. The Labute approximate surface area is 112 Å². The summed E-state index contributed by atoms with van der Waals surface area (Å²) in [7, 11) is 4.10. The summed E-state index contributed by atoms with van der Waals surface area (Å²) >= 11 is 0. The summed E-state index contributed by atoms with van der Waals surface area (Å²) in [5, 5.41) is 3.25. The number of likely N-dealkylation sites (tertiary alicyclic amines) is 1. The number of hydrogen-bond acceptors (Lipinski definition) is 3. The van der Waals surface area contributed by atoms with Crippen LogP contribution in [0.3, 0.4) is 0 Å². The summed E-state index contributed by atoms with van der Waals surface area (Å²) in [5.74, 6) is 0.857. The van der Waals surface area contributed by atoms with Crippen LogP contribution >= 0.6 is 0 Å². The van der Waals surface area contributed by atoms with Gasteiger partial charge in [-0.3, -0.25) is 4.79 Å². The van der Waals surface area contributed by atoms with Gasteiger partial charge in [0.05, 0.1) is 5.54 Å². The lowest BCUT2D eigenvalue weighted by molar-refractivity contribution is -0.136. The normalized spacial score (nSPS) is 18.9. The second-order valence-corrected chi connectivity index (χ2v) is 6.09. The lowest BCUT2D eigenvalue weighted by Crippen LogP contribution is -2.54. The van der Waals surface area contributed by atoms with E-state index in [1.807, 2.05) is 32.7 Å². The maximum Gasteiger partial charge on any atom is 0.242 e. The van der Waals surface area contributed by atoms with Gasteiger partial charge in [0.2, 0.25) is 5.91 Å². The molecule has 0 spiro atoms. The van der Waals surface area contributed by atoms with Gasteiger partial charge in [-0.1, -0.05) is 6.92 Å². The standard InChI is InChI=1S/C14H29N3O/c1-6-15-14(2,3)13(18)17(5)11-12-7-9-16(4)10-8-12/h12,15H,6-11H2,1-5H3. The van der Waals surface area contributed by atoms with Crippen LogP contribution in [0.4, 0.5) is 0 Å². The van der Waals surface area contributed by atoms with Crippen molar-refractivity contribution in [1.29, 1.82) is 0 Å². The van der Waals surface area contributed by atoms with Gasteiger partial charge in [0.15, 0.2) is 0 Å². The molecule has 0 atom stereocenters. The van der Waals surface area contributed by atoms with Crippen LogP contribution in [0.2, 0.25) is 0 Å². The Morgan fingerprint density at radius 1 is 1.39 bits per heavy atom. The first-order valence-corrected chi connectivity index (χ1v) is 7.06. The van der Waals surface area contributed by atoms with E-state index in [1.54, 1.807) is 0 Å². The third-order valence-corrected chi connectivity index (χ3v) is 3.87. The molecule has 0 radical (unpaired) electrons. The monoisotopic (exact) mass is 255 g/mol. The summed E-state index contributed by atoms with van der Waals surface area (Å²) in [4.78, 5) is 16.6. The number of carbonyl (C=O) groups is 1. The average molecular weight is 255 g/mol. The lowest BCUT2D eigenvalue weighted by atomic mass is 9.95. The predicted octanol–water partition coefficient (Wildman–Crippen LogP) is 1.17. The van der Waals surface area contributed by atoms with E-state index in [0.717, 1.165) is 26.2 Å². The topological polar surface area (TPSA) is 35.6 Å². The maximum atomic E-state index is 12.3. The molecule has 1 heterocycles. The molecule has 0 unspecified atom stereocenters. The molecule has 1 N–H and O–H groups in total. The summed E-state index contributed by atoms with van der Waals surface area (Å²) in [5.41, 5.74) is -0.449. The van der Waals surface area contributed by atoms with Crippen LogP contribution in [0, 0.1) is 5.92 Å². The molecule has 0 bridgehead atoms. The fraction of sp³-hybridized carbons (Fsp3) is 0.929. The Bertz CT molecular complexity index is 270. The predicted molar refractivity (Wildman–Crippen MR) is 75.6 cm³/mol. The molecule has 0 saturated carbocycles. The van der Waals surface area contributed by atoms with E-state index in [9.17, 15) is 4.79 Å². The molecule has 0 aromatic rings. The number of rotatable bonds is 5. The van der Waals surface area contributed by atoms with Gasteiger partial charge in [-0.05, 0) is 59.3 Å². The summed E-state index contributed by atoms with van der Waals surface area (Å²) in [6.07, 6.45) is 2.41. The van der Waals surface area contributed by atoms with Crippen LogP contribution in [-0.2, 0) is 4.79 Å². The Balaban J connectivity index is 2.44. The van der Waals surface area contributed by atoms with E-state index >= 15 is 0 Å². The van der Waals surface area contributed by atoms with Crippen molar-refractivity contribution in [2.75, 3.05) is 40.3 Å². The molecule has 106 valence electrons. The summed E-state index contributed by atoms with van der Waals surface area (Å²) in [6, 6.07) is 0. The van der Waals surface area contributed by atoms with Crippen LogP contribution in [0.5, 0.6) is 0 Å². The first kappa shape index (κ1) is 15.4. The Hall–Kier alpha value is -0.610. The number of hydrogen-bond donors (Lipinski definition) is 1. The highest BCUT2D eigenvalue weighted by molar-refractivity contribution is 5.85. The van der Waals surface area contributed by atoms with Gasteiger partial charge < -0.3 is 15.1 Å². The molecular weight excluding hydrogens is 226 g/mol. The highest BCUT2D eigenvalue weighted by Crippen LogP contribution is 2.18. The first-order chi connectivity index (χ1) is 8.36. The molecular formula is C14H29N3O.